The Bertz CT molecular complexity index is 614. The number of thiophene rings is 1. The van der Waals surface area contributed by atoms with Crippen LogP contribution in [-0.4, -0.2) is 23.9 Å². The van der Waals surface area contributed by atoms with Crippen LogP contribution in [0.1, 0.15) is 17.4 Å². The van der Waals surface area contributed by atoms with Crippen molar-refractivity contribution >= 4 is 22.9 Å². The number of likely N-dealkylation sites (N-methyl/N-ethyl adjacent to an activating group) is 1. The summed E-state index contributed by atoms with van der Waals surface area (Å²) >= 11 is 1.70. The Morgan fingerprint density at radius 3 is 2.67 bits per heavy atom. The van der Waals surface area contributed by atoms with E-state index in [2.05, 4.69) is 22.4 Å². The molecule has 0 saturated heterocycles. The summed E-state index contributed by atoms with van der Waals surface area (Å²) < 4.78 is 0. The van der Waals surface area contributed by atoms with Crippen LogP contribution < -0.4 is 5.32 Å². The van der Waals surface area contributed by atoms with Gasteiger partial charge in [-0.15, -0.1) is 11.3 Å². The van der Waals surface area contributed by atoms with Gasteiger partial charge in [-0.25, -0.2) is 0 Å². The number of hydrogen-bond acceptors (Lipinski definition) is 4. The van der Waals surface area contributed by atoms with Gasteiger partial charge in [0.25, 0.3) is 0 Å². The van der Waals surface area contributed by atoms with E-state index in [0.717, 1.165) is 13.1 Å². The fourth-order valence-electron chi connectivity index (χ4n) is 1.93. The number of benzene rings is 1. The van der Waals surface area contributed by atoms with Crippen LogP contribution in [0.2, 0.25) is 0 Å². The Labute approximate surface area is 128 Å². The Morgan fingerprint density at radius 2 is 2.10 bits per heavy atom. The maximum absolute atomic E-state index is 12.1. The minimum atomic E-state index is -0.0434. The number of hydrogen-bond donors (Lipinski definition) is 1. The maximum atomic E-state index is 12.1. The molecule has 0 aliphatic heterocycles. The summed E-state index contributed by atoms with van der Waals surface area (Å²) in [4.78, 5) is 15.4. The molecule has 5 heteroatoms. The lowest BCUT2D eigenvalue weighted by molar-refractivity contribution is -0.117. The summed E-state index contributed by atoms with van der Waals surface area (Å²) in [6.45, 7) is 4.00. The molecule has 0 radical (unpaired) electrons. The first-order valence-corrected chi connectivity index (χ1v) is 7.64. The summed E-state index contributed by atoms with van der Waals surface area (Å²) in [6, 6.07) is 13.0. The highest BCUT2D eigenvalue weighted by atomic mass is 32.1. The molecule has 1 amide bonds. The van der Waals surface area contributed by atoms with Crippen LogP contribution in [-0.2, 0) is 11.3 Å². The molecule has 1 aromatic heterocycles. The molecular weight excluding hydrogens is 282 g/mol. The highest BCUT2D eigenvalue weighted by Crippen LogP contribution is 2.12. The van der Waals surface area contributed by atoms with Crippen molar-refractivity contribution in [3.63, 3.8) is 0 Å². The second-order valence-corrected chi connectivity index (χ2v) is 5.65. The van der Waals surface area contributed by atoms with E-state index in [1.54, 1.807) is 35.6 Å². The number of nitriles is 1. The third-order valence-electron chi connectivity index (χ3n) is 3.07. The van der Waals surface area contributed by atoms with Crippen molar-refractivity contribution in [2.45, 2.75) is 13.5 Å². The van der Waals surface area contributed by atoms with Gasteiger partial charge in [0, 0.05) is 17.1 Å². The normalized spacial score (nSPS) is 10.3. The monoisotopic (exact) mass is 299 g/mol. The lowest BCUT2D eigenvalue weighted by Crippen LogP contribution is -2.32. The Kier molecular flexibility index (Phi) is 5.50. The molecule has 1 aromatic carbocycles. The van der Waals surface area contributed by atoms with Gasteiger partial charge >= 0.3 is 0 Å². The summed E-state index contributed by atoms with van der Waals surface area (Å²) in [6.07, 6.45) is 0. The van der Waals surface area contributed by atoms with Gasteiger partial charge in [-0.05, 0) is 42.3 Å². The molecule has 0 atom stereocenters. The zero-order valence-electron chi connectivity index (χ0n) is 11.9. The Hall–Kier alpha value is -2.16. The third kappa shape index (κ3) is 4.71. The van der Waals surface area contributed by atoms with Gasteiger partial charge in [0.2, 0.25) is 5.91 Å². The first-order chi connectivity index (χ1) is 10.2. The van der Waals surface area contributed by atoms with Crippen molar-refractivity contribution in [3.8, 4) is 6.07 Å². The van der Waals surface area contributed by atoms with Crippen LogP contribution >= 0.6 is 11.3 Å². The predicted molar refractivity (Wildman–Crippen MR) is 85.1 cm³/mol. The average Bonchev–Trinajstić information content (AvgIpc) is 3.00. The molecular formula is C16H17N3OS. The first-order valence-electron chi connectivity index (χ1n) is 6.76. The quantitative estimate of drug-likeness (QED) is 0.892. The predicted octanol–water partition coefficient (Wildman–Crippen LogP) is 3.08. The van der Waals surface area contributed by atoms with Crippen LogP contribution in [0.5, 0.6) is 0 Å². The molecule has 108 valence electrons. The number of anilines is 1. The summed E-state index contributed by atoms with van der Waals surface area (Å²) in [5, 5.41) is 13.6. The molecule has 0 aliphatic carbocycles. The average molecular weight is 299 g/mol. The van der Waals surface area contributed by atoms with Gasteiger partial charge in [-0.1, -0.05) is 13.0 Å². The fraction of sp³-hybridized carbons (Fsp3) is 0.250. The van der Waals surface area contributed by atoms with E-state index in [9.17, 15) is 4.79 Å². The SMILES string of the molecule is CCN(CC(=O)Nc1ccc(C#N)cc1)Cc1cccs1. The molecule has 4 nitrogen and oxygen atoms in total. The fourth-order valence-corrected chi connectivity index (χ4v) is 2.68. The molecule has 0 unspecified atom stereocenters. The molecule has 2 aromatic rings. The zero-order valence-corrected chi connectivity index (χ0v) is 12.7. The van der Waals surface area contributed by atoms with E-state index in [-0.39, 0.29) is 5.91 Å². The van der Waals surface area contributed by atoms with Crippen molar-refractivity contribution in [3.05, 3.63) is 52.2 Å². The van der Waals surface area contributed by atoms with Gasteiger partial charge < -0.3 is 5.32 Å². The van der Waals surface area contributed by atoms with Crippen LogP contribution in [0.4, 0.5) is 5.69 Å². The van der Waals surface area contributed by atoms with E-state index in [1.807, 2.05) is 18.4 Å². The Balaban J connectivity index is 1.88. The van der Waals surface area contributed by atoms with Gasteiger partial charge in [0.15, 0.2) is 0 Å². The van der Waals surface area contributed by atoms with Crippen molar-refractivity contribution in [1.82, 2.24) is 4.90 Å². The number of carbonyl (C=O) groups is 1. The molecule has 21 heavy (non-hydrogen) atoms. The van der Waals surface area contributed by atoms with Gasteiger partial charge in [0.05, 0.1) is 18.2 Å². The highest BCUT2D eigenvalue weighted by Gasteiger charge is 2.10. The van der Waals surface area contributed by atoms with Crippen LogP contribution in [0.3, 0.4) is 0 Å². The molecule has 0 aliphatic rings. The van der Waals surface area contributed by atoms with E-state index < -0.39 is 0 Å². The largest absolute Gasteiger partial charge is 0.325 e. The van der Waals surface area contributed by atoms with Crippen molar-refractivity contribution in [2.75, 3.05) is 18.4 Å². The molecule has 0 bridgehead atoms. The lowest BCUT2D eigenvalue weighted by atomic mass is 10.2. The maximum Gasteiger partial charge on any atom is 0.238 e. The van der Waals surface area contributed by atoms with Crippen LogP contribution in [0.15, 0.2) is 41.8 Å². The number of rotatable bonds is 6. The molecule has 0 fully saturated rings. The minimum Gasteiger partial charge on any atom is -0.325 e. The molecule has 1 N–H and O–H groups in total. The topological polar surface area (TPSA) is 56.1 Å². The first kappa shape index (κ1) is 15.2. The van der Waals surface area contributed by atoms with Crippen molar-refractivity contribution in [1.29, 1.82) is 5.26 Å². The Morgan fingerprint density at radius 1 is 1.33 bits per heavy atom. The van der Waals surface area contributed by atoms with Gasteiger partial charge in [-0.3, -0.25) is 9.69 Å². The highest BCUT2D eigenvalue weighted by molar-refractivity contribution is 7.09. The summed E-state index contributed by atoms with van der Waals surface area (Å²) in [5.74, 6) is -0.0434. The van der Waals surface area contributed by atoms with Crippen molar-refractivity contribution < 1.29 is 4.79 Å². The van der Waals surface area contributed by atoms with Crippen molar-refractivity contribution in [2.24, 2.45) is 0 Å². The lowest BCUT2D eigenvalue weighted by Gasteiger charge is -2.19. The molecule has 1 heterocycles. The molecule has 0 saturated carbocycles. The second-order valence-electron chi connectivity index (χ2n) is 4.62. The van der Waals surface area contributed by atoms with Gasteiger partial charge in [-0.2, -0.15) is 5.26 Å². The minimum absolute atomic E-state index is 0.0434. The number of amides is 1. The van der Waals surface area contributed by atoms with E-state index in [1.165, 1.54) is 4.88 Å². The zero-order chi connectivity index (χ0) is 15.1. The summed E-state index contributed by atoms with van der Waals surface area (Å²) in [5.41, 5.74) is 1.30. The van der Waals surface area contributed by atoms with Crippen LogP contribution in [0.25, 0.3) is 0 Å². The number of nitrogens with one attached hydrogen (secondary N) is 1. The van der Waals surface area contributed by atoms with E-state index >= 15 is 0 Å². The third-order valence-corrected chi connectivity index (χ3v) is 3.93. The van der Waals surface area contributed by atoms with E-state index in [4.69, 9.17) is 5.26 Å². The second kappa shape index (κ2) is 7.58. The smallest absolute Gasteiger partial charge is 0.238 e. The van der Waals surface area contributed by atoms with E-state index in [0.29, 0.717) is 17.8 Å². The molecule has 2 rings (SSSR count). The number of nitrogens with zero attached hydrogens (tertiary/aromatic N) is 2. The van der Waals surface area contributed by atoms with Gasteiger partial charge in [0.1, 0.15) is 0 Å². The van der Waals surface area contributed by atoms with Crippen LogP contribution in [0, 0.1) is 11.3 Å². The molecule has 0 spiro atoms. The standard InChI is InChI=1S/C16H17N3OS/c1-2-19(11-15-4-3-9-21-15)12-16(20)18-14-7-5-13(10-17)6-8-14/h3-9H,2,11-12H2,1H3,(H,18,20). The summed E-state index contributed by atoms with van der Waals surface area (Å²) in [7, 11) is 0. The number of carbonyl (C=O) groups excluding carboxylic acids is 1.